The van der Waals surface area contributed by atoms with Crippen molar-refractivity contribution in [2.24, 2.45) is 5.73 Å². The first kappa shape index (κ1) is 13.1. The molecule has 0 saturated carbocycles. The van der Waals surface area contributed by atoms with Crippen LogP contribution in [0.4, 0.5) is 0 Å². The number of halogens is 1. The Bertz CT molecular complexity index is 490. The minimum atomic E-state index is -0.0849. The van der Waals surface area contributed by atoms with Gasteiger partial charge in [-0.3, -0.25) is 4.98 Å². The number of pyridine rings is 1. The van der Waals surface area contributed by atoms with Gasteiger partial charge in [0.25, 0.3) is 0 Å². The molecule has 1 aromatic carbocycles. The molecule has 0 aliphatic carbocycles. The number of hydrogen-bond acceptors (Lipinski definition) is 3. The second kappa shape index (κ2) is 6.52. The summed E-state index contributed by atoms with van der Waals surface area (Å²) in [5.74, 6) is 0.845. The van der Waals surface area contributed by atoms with E-state index in [9.17, 15) is 0 Å². The monoisotopic (exact) mass is 306 g/mol. The molecule has 0 aliphatic rings. The fourth-order valence-corrected chi connectivity index (χ4v) is 1.98. The molecule has 2 N–H and O–H groups in total. The van der Waals surface area contributed by atoms with E-state index in [4.69, 9.17) is 10.5 Å². The van der Waals surface area contributed by atoms with E-state index in [1.165, 1.54) is 0 Å². The third kappa shape index (κ3) is 3.82. The van der Waals surface area contributed by atoms with Gasteiger partial charge >= 0.3 is 0 Å². The van der Waals surface area contributed by atoms with Crippen LogP contribution in [0.15, 0.2) is 53.1 Å². The van der Waals surface area contributed by atoms with Crippen LogP contribution >= 0.6 is 15.9 Å². The summed E-state index contributed by atoms with van der Waals surface area (Å²) in [5.41, 5.74) is 6.94. The molecule has 4 heteroatoms. The molecule has 1 heterocycles. The summed E-state index contributed by atoms with van der Waals surface area (Å²) in [4.78, 5) is 4.23. The van der Waals surface area contributed by atoms with Crippen molar-refractivity contribution in [1.29, 1.82) is 0 Å². The first-order valence-corrected chi connectivity index (χ1v) is 6.60. The van der Waals surface area contributed by atoms with Gasteiger partial charge in [-0.05, 0) is 30.3 Å². The van der Waals surface area contributed by atoms with E-state index in [1.54, 1.807) is 6.20 Å². The van der Waals surface area contributed by atoms with Gasteiger partial charge in [0.1, 0.15) is 5.75 Å². The number of rotatable bonds is 5. The predicted octanol–water partition coefficient (Wildman–Crippen LogP) is 3.31. The summed E-state index contributed by atoms with van der Waals surface area (Å²) >= 11 is 3.40. The molecule has 0 radical (unpaired) electrons. The Balaban J connectivity index is 1.82. The summed E-state index contributed by atoms with van der Waals surface area (Å²) in [5, 5.41) is 0. The third-order valence-electron chi connectivity index (χ3n) is 2.56. The predicted molar refractivity (Wildman–Crippen MR) is 75.4 cm³/mol. The first-order valence-electron chi connectivity index (χ1n) is 5.80. The lowest BCUT2D eigenvalue weighted by atomic mass is 10.1. The summed E-state index contributed by atoms with van der Waals surface area (Å²) in [7, 11) is 0. The Morgan fingerprint density at radius 1 is 1.22 bits per heavy atom. The average molecular weight is 307 g/mol. The number of aromatic nitrogens is 1. The van der Waals surface area contributed by atoms with Crippen molar-refractivity contribution >= 4 is 15.9 Å². The highest BCUT2D eigenvalue weighted by atomic mass is 79.9. The van der Waals surface area contributed by atoms with Gasteiger partial charge in [0, 0.05) is 17.1 Å². The van der Waals surface area contributed by atoms with Crippen molar-refractivity contribution in [3.63, 3.8) is 0 Å². The zero-order chi connectivity index (χ0) is 12.8. The van der Waals surface area contributed by atoms with Gasteiger partial charge in [-0.1, -0.05) is 28.1 Å². The Hall–Kier alpha value is -1.39. The van der Waals surface area contributed by atoms with E-state index in [2.05, 4.69) is 20.9 Å². The SMILES string of the molecule is NC(CCOc1cccc(Br)c1)c1ccccn1. The smallest absolute Gasteiger partial charge is 0.120 e. The van der Waals surface area contributed by atoms with Crippen LogP contribution in [-0.2, 0) is 0 Å². The molecule has 0 saturated heterocycles. The highest BCUT2D eigenvalue weighted by molar-refractivity contribution is 9.10. The summed E-state index contributed by atoms with van der Waals surface area (Å²) in [6.07, 6.45) is 2.49. The maximum absolute atomic E-state index is 6.04. The summed E-state index contributed by atoms with van der Waals surface area (Å²) in [6.45, 7) is 0.578. The van der Waals surface area contributed by atoms with Crippen LogP contribution in [0.25, 0.3) is 0 Å². The maximum Gasteiger partial charge on any atom is 0.120 e. The molecule has 0 spiro atoms. The summed E-state index contributed by atoms with van der Waals surface area (Å²) < 4.78 is 6.65. The minimum absolute atomic E-state index is 0.0849. The molecule has 0 aliphatic heterocycles. The number of ether oxygens (including phenoxy) is 1. The average Bonchev–Trinajstić information content (AvgIpc) is 2.40. The van der Waals surface area contributed by atoms with Crippen LogP contribution in [-0.4, -0.2) is 11.6 Å². The molecular weight excluding hydrogens is 292 g/mol. The second-order valence-corrected chi connectivity index (χ2v) is 4.87. The van der Waals surface area contributed by atoms with Crippen LogP contribution < -0.4 is 10.5 Å². The zero-order valence-electron chi connectivity index (χ0n) is 9.92. The molecule has 1 unspecified atom stereocenters. The number of hydrogen-bond donors (Lipinski definition) is 1. The van der Waals surface area contributed by atoms with Crippen LogP contribution in [0, 0.1) is 0 Å². The molecular formula is C14H15BrN2O. The van der Waals surface area contributed by atoms with Crippen molar-refractivity contribution in [1.82, 2.24) is 4.98 Å². The highest BCUT2D eigenvalue weighted by Gasteiger charge is 2.06. The molecule has 0 fully saturated rings. The van der Waals surface area contributed by atoms with Gasteiger partial charge in [-0.25, -0.2) is 0 Å². The van der Waals surface area contributed by atoms with E-state index in [0.29, 0.717) is 6.61 Å². The Morgan fingerprint density at radius 2 is 2.11 bits per heavy atom. The van der Waals surface area contributed by atoms with Crippen LogP contribution in [0.1, 0.15) is 18.2 Å². The van der Waals surface area contributed by atoms with Crippen molar-refractivity contribution in [3.8, 4) is 5.75 Å². The van der Waals surface area contributed by atoms with Crippen molar-refractivity contribution in [2.45, 2.75) is 12.5 Å². The number of nitrogens with zero attached hydrogens (tertiary/aromatic N) is 1. The van der Waals surface area contributed by atoms with E-state index in [1.807, 2.05) is 42.5 Å². The lowest BCUT2D eigenvalue weighted by molar-refractivity contribution is 0.297. The quantitative estimate of drug-likeness (QED) is 0.922. The zero-order valence-corrected chi connectivity index (χ0v) is 11.5. The van der Waals surface area contributed by atoms with E-state index >= 15 is 0 Å². The maximum atomic E-state index is 6.04. The van der Waals surface area contributed by atoms with Crippen LogP contribution in [0.2, 0.25) is 0 Å². The van der Waals surface area contributed by atoms with Crippen LogP contribution in [0.5, 0.6) is 5.75 Å². The van der Waals surface area contributed by atoms with E-state index in [-0.39, 0.29) is 6.04 Å². The molecule has 94 valence electrons. The Labute approximate surface area is 115 Å². The molecule has 18 heavy (non-hydrogen) atoms. The lowest BCUT2D eigenvalue weighted by Crippen LogP contribution is -2.15. The Kier molecular flexibility index (Phi) is 4.73. The summed E-state index contributed by atoms with van der Waals surface area (Å²) in [6, 6.07) is 13.4. The Morgan fingerprint density at radius 3 is 2.83 bits per heavy atom. The lowest BCUT2D eigenvalue weighted by Gasteiger charge is -2.12. The fraction of sp³-hybridized carbons (Fsp3) is 0.214. The number of nitrogens with two attached hydrogens (primary N) is 1. The van der Waals surface area contributed by atoms with Crippen molar-refractivity contribution in [2.75, 3.05) is 6.61 Å². The van der Waals surface area contributed by atoms with Gasteiger partial charge in [-0.2, -0.15) is 0 Å². The minimum Gasteiger partial charge on any atom is -0.493 e. The van der Waals surface area contributed by atoms with Gasteiger partial charge in [0.2, 0.25) is 0 Å². The van der Waals surface area contributed by atoms with Gasteiger partial charge in [0.05, 0.1) is 18.3 Å². The molecule has 2 rings (SSSR count). The normalized spacial score (nSPS) is 12.1. The van der Waals surface area contributed by atoms with E-state index in [0.717, 1.165) is 22.3 Å². The van der Waals surface area contributed by atoms with Gasteiger partial charge in [-0.15, -0.1) is 0 Å². The molecule has 2 aromatic rings. The van der Waals surface area contributed by atoms with Gasteiger partial charge in [0.15, 0.2) is 0 Å². The largest absolute Gasteiger partial charge is 0.493 e. The fourth-order valence-electron chi connectivity index (χ4n) is 1.60. The first-order chi connectivity index (χ1) is 8.75. The second-order valence-electron chi connectivity index (χ2n) is 3.96. The third-order valence-corrected chi connectivity index (χ3v) is 3.05. The highest BCUT2D eigenvalue weighted by Crippen LogP contribution is 2.18. The topological polar surface area (TPSA) is 48.1 Å². The molecule has 1 aromatic heterocycles. The van der Waals surface area contributed by atoms with Crippen molar-refractivity contribution < 1.29 is 4.74 Å². The molecule has 1 atom stereocenters. The van der Waals surface area contributed by atoms with E-state index < -0.39 is 0 Å². The standard InChI is InChI=1S/C14H15BrN2O/c15-11-4-3-5-12(10-11)18-9-7-13(16)14-6-1-2-8-17-14/h1-6,8,10,13H,7,9,16H2. The number of benzene rings is 1. The molecule has 0 bridgehead atoms. The van der Waals surface area contributed by atoms with Crippen LogP contribution in [0.3, 0.4) is 0 Å². The van der Waals surface area contributed by atoms with Crippen molar-refractivity contribution in [3.05, 3.63) is 58.8 Å². The molecule has 3 nitrogen and oxygen atoms in total. The van der Waals surface area contributed by atoms with Gasteiger partial charge < -0.3 is 10.5 Å². The molecule has 0 amide bonds.